The van der Waals surface area contributed by atoms with Gasteiger partial charge in [0.15, 0.2) is 0 Å². The van der Waals surface area contributed by atoms with Crippen LogP contribution in [0.15, 0.2) is 24.3 Å². The van der Waals surface area contributed by atoms with Gasteiger partial charge in [0, 0.05) is 5.39 Å². The van der Waals surface area contributed by atoms with Crippen molar-refractivity contribution in [3.05, 3.63) is 41.1 Å². The van der Waals surface area contributed by atoms with E-state index >= 15 is 0 Å². The van der Waals surface area contributed by atoms with Gasteiger partial charge in [-0.3, -0.25) is 0 Å². The maximum atomic E-state index is 10.4. The van der Waals surface area contributed by atoms with Gasteiger partial charge < -0.3 is 5.11 Å². The third kappa shape index (κ3) is 2.26. The van der Waals surface area contributed by atoms with Crippen LogP contribution >= 0.6 is 0 Å². The van der Waals surface area contributed by atoms with E-state index in [0.717, 1.165) is 30.5 Å². The Kier molecular flexibility index (Phi) is 3.42. The molecule has 2 heteroatoms. The number of fused-ring (bicyclic) bond motifs is 2. The van der Waals surface area contributed by atoms with E-state index in [9.17, 15) is 5.11 Å². The Bertz CT molecular complexity index is 658. The lowest BCUT2D eigenvalue weighted by Crippen LogP contribution is -2.17. The zero-order chi connectivity index (χ0) is 14.2. The molecule has 1 aromatic carbocycles. The zero-order valence-corrected chi connectivity index (χ0v) is 12.5. The molecular weight excluding hydrogens is 258 g/mol. The molecule has 0 amide bonds. The van der Waals surface area contributed by atoms with Gasteiger partial charge >= 0.3 is 0 Å². The standard InChI is InChI=1S/C19H23NO/c21-17-12-6-10-15-18(13-7-2-1-3-8-13)14-9-4-5-11-16(14)20-19(15)17/h4-5,9,11,13,17,21H,1-3,6-8,10,12H2. The van der Waals surface area contributed by atoms with E-state index in [1.165, 1.54) is 48.6 Å². The Morgan fingerprint density at radius 2 is 1.76 bits per heavy atom. The molecule has 1 unspecified atom stereocenters. The molecule has 0 bridgehead atoms. The molecule has 0 saturated heterocycles. The van der Waals surface area contributed by atoms with Crippen molar-refractivity contribution in [1.29, 1.82) is 0 Å². The van der Waals surface area contributed by atoms with E-state index in [4.69, 9.17) is 4.98 Å². The summed E-state index contributed by atoms with van der Waals surface area (Å²) in [5, 5.41) is 11.7. The van der Waals surface area contributed by atoms with Gasteiger partial charge in [0.05, 0.1) is 17.3 Å². The van der Waals surface area contributed by atoms with Gasteiger partial charge in [-0.25, -0.2) is 4.98 Å². The average molecular weight is 281 g/mol. The molecule has 2 aromatic rings. The Morgan fingerprint density at radius 3 is 2.62 bits per heavy atom. The highest BCUT2D eigenvalue weighted by atomic mass is 16.3. The second-order valence-electron chi connectivity index (χ2n) is 6.65. The Hall–Kier alpha value is -1.41. The second-order valence-corrected chi connectivity index (χ2v) is 6.65. The summed E-state index contributed by atoms with van der Waals surface area (Å²) >= 11 is 0. The second kappa shape index (κ2) is 5.42. The molecule has 2 nitrogen and oxygen atoms in total. The molecule has 2 aliphatic rings. The van der Waals surface area contributed by atoms with Crippen LogP contribution in [0.3, 0.4) is 0 Å². The van der Waals surface area contributed by atoms with E-state index in [1.54, 1.807) is 0 Å². The molecule has 4 rings (SSSR count). The third-order valence-corrected chi connectivity index (χ3v) is 5.30. The number of hydrogen-bond donors (Lipinski definition) is 1. The van der Waals surface area contributed by atoms with Crippen LogP contribution in [0.2, 0.25) is 0 Å². The van der Waals surface area contributed by atoms with Crippen LogP contribution in [0.1, 0.15) is 73.8 Å². The van der Waals surface area contributed by atoms with Crippen LogP contribution < -0.4 is 0 Å². The van der Waals surface area contributed by atoms with Gasteiger partial charge in [-0.2, -0.15) is 0 Å². The largest absolute Gasteiger partial charge is 0.387 e. The summed E-state index contributed by atoms with van der Waals surface area (Å²) < 4.78 is 0. The van der Waals surface area contributed by atoms with E-state index in [-0.39, 0.29) is 6.10 Å². The van der Waals surface area contributed by atoms with Gasteiger partial charge in [0.1, 0.15) is 0 Å². The van der Waals surface area contributed by atoms with Crippen LogP contribution in [0, 0.1) is 0 Å². The minimum Gasteiger partial charge on any atom is -0.387 e. The molecular formula is C19H23NO. The average Bonchev–Trinajstić information content (AvgIpc) is 2.54. The minimum atomic E-state index is -0.360. The number of aromatic nitrogens is 1. The van der Waals surface area contributed by atoms with Crippen molar-refractivity contribution >= 4 is 10.9 Å². The van der Waals surface area contributed by atoms with E-state index < -0.39 is 0 Å². The number of para-hydroxylation sites is 1. The van der Waals surface area contributed by atoms with Crippen LogP contribution in [0.25, 0.3) is 10.9 Å². The van der Waals surface area contributed by atoms with Crippen LogP contribution in [0.4, 0.5) is 0 Å². The van der Waals surface area contributed by atoms with E-state index in [0.29, 0.717) is 5.92 Å². The van der Waals surface area contributed by atoms with Gasteiger partial charge in [-0.15, -0.1) is 0 Å². The summed E-state index contributed by atoms with van der Waals surface area (Å²) in [6.45, 7) is 0. The lowest BCUT2D eigenvalue weighted by atomic mass is 9.77. The first kappa shape index (κ1) is 13.3. The minimum absolute atomic E-state index is 0.360. The summed E-state index contributed by atoms with van der Waals surface area (Å²) in [6.07, 6.45) is 9.36. The lowest BCUT2D eigenvalue weighted by Gasteiger charge is -2.30. The monoisotopic (exact) mass is 281 g/mol. The highest BCUT2D eigenvalue weighted by molar-refractivity contribution is 5.84. The summed E-state index contributed by atoms with van der Waals surface area (Å²) in [6, 6.07) is 8.51. The van der Waals surface area contributed by atoms with Gasteiger partial charge in [0.2, 0.25) is 0 Å². The molecule has 1 aromatic heterocycles. The van der Waals surface area contributed by atoms with Crippen molar-refractivity contribution in [2.45, 2.75) is 63.4 Å². The van der Waals surface area contributed by atoms with Crippen molar-refractivity contribution in [3.63, 3.8) is 0 Å². The molecule has 1 atom stereocenters. The fourth-order valence-corrected chi connectivity index (χ4v) is 4.30. The van der Waals surface area contributed by atoms with Crippen molar-refractivity contribution in [2.75, 3.05) is 0 Å². The first-order valence-corrected chi connectivity index (χ1v) is 8.44. The molecule has 1 N–H and O–H groups in total. The van der Waals surface area contributed by atoms with Crippen LogP contribution in [-0.4, -0.2) is 10.1 Å². The molecule has 1 fully saturated rings. The predicted octanol–water partition coefficient (Wildman–Crippen LogP) is 4.65. The molecule has 0 aliphatic heterocycles. The SMILES string of the molecule is OC1CCCc2c1nc1ccccc1c2C1CCCCC1. The van der Waals surface area contributed by atoms with E-state index in [1.807, 2.05) is 0 Å². The number of aliphatic hydroxyl groups is 1. The first-order valence-electron chi connectivity index (χ1n) is 8.44. The van der Waals surface area contributed by atoms with Crippen molar-refractivity contribution < 1.29 is 5.11 Å². The van der Waals surface area contributed by atoms with Crippen LogP contribution in [-0.2, 0) is 6.42 Å². The number of benzene rings is 1. The van der Waals surface area contributed by atoms with Gasteiger partial charge in [-0.05, 0) is 55.2 Å². The molecule has 21 heavy (non-hydrogen) atoms. The maximum absolute atomic E-state index is 10.4. The molecule has 2 aliphatic carbocycles. The fourth-order valence-electron chi connectivity index (χ4n) is 4.30. The topological polar surface area (TPSA) is 33.1 Å². The normalized spacial score (nSPS) is 23.2. The molecule has 0 radical (unpaired) electrons. The number of nitrogens with zero attached hydrogens (tertiary/aromatic N) is 1. The highest BCUT2D eigenvalue weighted by Gasteiger charge is 2.28. The summed E-state index contributed by atoms with van der Waals surface area (Å²) in [7, 11) is 0. The highest BCUT2D eigenvalue weighted by Crippen LogP contribution is 2.42. The van der Waals surface area contributed by atoms with Gasteiger partial charge in [-0.1, -0.05) is 37.5 Å². The zero-order valence-electron chi connectivity index (χ0n) is 12.5. The Labute approximate surface area is 126 Å². The smallest absolute Gasteiger partial charge is 0.0963 e. The summed E-state index contributed by atoms with van der Waals surface area (Å²) in [5.41, 5.74) is 4.94. The predicted molar refractivity (Wildman–Crippen MR) is 85.5 cm³/mol. The van der Waals surface area contributed by atoms with Gasteiger partial charge in [0.25, 0.3) is 0 Å². The number of rotatable bonds is 1. The van der Waals surface area contributed by atoms with Crippen molar-refractivity contribution in [1.82, 2.24) is 4.98 Å². The first-order chi connectivity index (χ1) is 10.3. The van der Waals surface area contributed by atoms with Crippen molar-refractivity contribution in [2.24, 2.45) is 0 Å². The Morgan fingerprint density at radius 1 is 0.952 bits per heavy atom. The quantitative estimate of drug-likeness (QED) is 0.825. The summed E-state index contributed by atoms with van der Waals surface area (Å²) in [5.74, 6) is 0.672. The van der Waals surface area contributed by atoms with Crippen LogP contribution in [0.5, 0.6) is 0 Å². The number of pyridine rings is 1. The van der Waals surface area contributed by atoms with E-state index in [2.05, 4.69) is 24.3 Å². The molecule has 1 saturated carbocycles. The molecule has 0 spiro atoms. The molecule has 1 heterocycles. The Balaban J connectivity index is 1.96. The maximum Gasteiger partial charge on any atom is 0.0963 e. The third-order valence-electron chi connectivity index (χ3n) is 5.30. The fraction of sp³-hybridized carbons (Fsp3) is 0.526. The molecule has 110 valence electrons. The van der Waals surface area contributed by atoms with Crippen molar-refractivity contribution in [3.8, 4) is 0 Å². The lowest BCUT2D eigenvalue weighted by molar-refractivity contribution is 0.151. The number of hydrogen-bond acceptors (Lipinski definition) is 2. The number of aliphatic hydroxyl groups excluding tert-OH is 1. The summed E-state index contributed by atoms with van der Waals surface area (Å²) in [4.78, 5) is 4.80.